The van der Waals surface area contributed by atoms with Gasteiger partial charge >= 0.3 is 0 Å². The third kappa shape index (κ3) is 3.75. The zero-order valence-corrected chi connectivity index (χ0v) is 18.4. The summed E-state index contributed by atoms with van der Waals surface area (Å²) >= 11 is 1.53. The van der Waals surface area contributed by atoms with Gasteiger partial charge in [0, 0.05) is 5.69 Å². The number of sulfone groups is 1. The van der Waals surface area contributed by atoms with Gasteiger partial charge in [-0.15, -0.1) is 11.3 Å². The molecule has 1 N–H and O–H groups in total. The normalized spacial score (nSPS) is 17.8. The Morgan fingerprint density at radius 3 is 2.68 bits per heavy atom. The summed E-state index contributed by atoms with van der Waals surface area (Å²) in [6.07, 6.45) is 0.495. The fourth-order valence-electron chi connectivity index (χ4n) is 3.99. The highest BCUT2D eigenvalue weighted by Gasteiger charge is 2.32. The highest BCUT2D eigenvalue weighted by atomic mass is 32.2. The summed E-state index contributed by atoms with van der Waals surface area (Å²) in [5.74, 6) is -0.0675. The molecule has 1 atom stereocenters. The molecule has 1 saturated heterocycles. The molecule has 1 amide bonds. The minimum Gasteiger partial charge on any atom is -0.322 e. The second kappa shape index (κ2) is 7.58. The van der Waals surface area contributed by atoms with Crippen LogP contribution in [-0.2, 0) is 9.84 Å². The lowest BCUT2D eigenvalue weighted by molar-refractivity contribution is 0.102. The van der Waals surface area contributed by atoms with Crippen LogP contribution < -0.4 is 5.32 Å². The molecule has 4 aromatic rings. The maximum atomic E-state index is 13.3. The second-order valence-electron chi connectivity index (χ2n) is 7.64. The van der Waals surface area contributed by atoms with Crippen molar-refractivity contribution >= 4 is 43.8 Å². The molecule has 0 saturated carbocycles. The van der Waals surface area contributed by atoms with E-state index in [1.807, 2.05) is 54.8 Å². The number of carbonyl (C=O) groups excluding carboxylic acids is 1. The van der Waals surface area contributed by atoms with Gasteiger partial charge in [-0.1, -0.05) is 24.3 Å². The van der Waals surface area contributed by atoms with Gasteiger partial charge in [0.1, 0.15) is 0 Å². The molecule has 5 rings (SSSR count). The summed E-state index contributed by atoms with van der Waals surface area (Å²) in [4.78, 5) is 19.0. The molecule has 0 radical (unpaired) electrons. The van der Waals surface area contributed by atoms with Crippen LogP contribution in [0.25, 0.3) is 21.6 Å². The number of amides is 1. The van der Waals surface area contributed by atoms with Gasteiger partial charge in [-0.2, -0.15) is 5.10 Å². The lowest BCUT2D eigenvalue weighted by atomic mass is 10.1. The summed E-state index contributed by atoms with van der Waals surface area (Å²) in [7, 11) is -3.09. The topological polar surface area (TPSA) is 93.9 Å². The SMILES string of the molecule is Cc1nn(C2CCS(=O)(=O)C2)c2nc(-c3cccs3)cc(C(=O)Nc3ccccc3)c12. The number of thiophene rings is 1. The van der Waals surface area contributed by atoms with Crippen LogP contribution in [0.4, 0.5) is 5.69 Å². The van der Waals surface area contributed by atoms with Crippen molar-refractivity contribution in [2.75, 3.05) is 16.8 Å². The Morgan fingerprint density at radius 2 is 2.00 bits per heavy atom. The monoisotopic (exact) mass is 452 g/mol. The van der Waals surface area contributed by atoms with Crippen LogP contribution >= 0.6 is 11.3 Å². The fourth-order valence-corrected chi connectivity index (χ4v) is 6.36. The van der Waals surface area contributed by atoms with E-state index < -0.39 is 9.84 Å². The van der Waals surface area contributed by atoms with Crippen molar-refractivity contribution in [3.05, 3.63) is 65.2 Å². The number of fused-ring (bicyclic) bond motifs is 1. The summed E-state index contributed by atoms with van der Waals surface area (Å²) in [5.41, 5.74) is 3.04. The lowest BCUT2D eigenvalue weighted by Crippen LogP contribution is -2.15. The van der Waals surface area contributed by atoms with Gasteiger partial charge in [-0.3, -0.25) is 4.79 Å². The molecular weight excluding hydrogens is 432 g/mol. The maximum Gasteiger partial charge on any atom is 0.256 e. The molecule has 1 aliphatic heterocycles. The van der Waals surface area contributed by atoms with Gasteiger partial charge < -0.3 is 5.32 Å². The van der Waals surface area contributed by atoms with Crippen LogP contribution in [0.1, 0.15) is 28.5 Å². The number of para-hydroxylation sites is 1. The van der Waals surface area contributed by atoms with Crippen LogP contribution in [0.5, 0.6) is 0 Å². The maximum absolute atomic E-state index is 13.3. The standard InChI is InChI=1S/C22H20N4O3S2/c1-14-20-17(22(27)23-15-6-3-2-4-7-15)12-18(19-8-5-10-30-19)24-21(20)26(25-14)16-9-11-31(28,29)13-16/h2-8,10,12,16H,9,11,13H2,1H3,(H,23,27). The molecule has 1 unspecified atom stereocenters. The minimum atomic E-state index is -3.09. The van der Waals surface area contributed by atoms with Crippen LogP contribution in [0.15, 0.2) is 53.9 Å². The highest BCUT2D eigenvalue weighted by molar-refractivity contribution is 7.91. The number of anilines is 1. The Kier molecular flexibility index (Phi) is 4.86. The van der Waals surface area contributed by atoms with Crippen LogP contribution in [0.2, 0.25) is 0 Å². The number of aryl methyl sites for hydroxylation is 1. The average Bonchev–Trinajstić information content (AvgIpc) is 3.47. The summed E-state index contributed by atoms with van der Waals surface area (Å²) < 4.78 is 25.8. The van der Waals surface area contributed by atoms with Crippen molar-refractivity contribution in [3.63, 3.8) is 0 Å². The van der Waals surface area contributed by atoms with E-state index in [2.05, 4.69) is 10.4 Å². The molecule has 0 spiro atoms. The number of carbonyl (C=O) groups is 1. The molecule has 9 heteroatoms. The first-order chi connectivity index (χ1) is 14.9. The molecule has 3 aromatic heterocycles. The Bertz CT molecular complexity index is 1380. The Labute approximate surface area is 183 Å². The molecule has 0 bridgehead atoms. The quantitative estimate of drug-likeness (QED) is 0.504. The number of hydrogen-bond donors (Lipinski definition) is 1. The van der Waals surface area contributed by atoms with E-state index in [4.69, 9.17) is 4.98 Å². The van der Waals surface area contributed by atoms with E-state index in [0.29, 0.717) is 40.1 Å². The van der Waals surface area contributed by atoms with Gasteiger partial charge in [-0.25, -0.2) is 18.1 Å². The predicted molar refractivity (Wildman–Crippen MR) is 122 cm³/mol. The third-order valence-electron chi connectivity index (χ3n) is 5.44. The first kappa shape index (κ1) is 19.9. The average molecular weight is 453 g/mol. The zero-order valence-electron chi connectivity index (χ0n) is 16.8. The van der Waals surface area contributed by atoms with Gasteiger partial charge in [0.15, 0.2) is 15.5 Å². The molecule has 7 nitrogen and oxygen atoms in total. The molecule has 4 heterocycles. The Morgan fingerprint density at radius 1 is 1.19 bits per heavy atom. The summed E-state index contributed by atoms with van der Waals surface area (Å²) in [6, 6.07) is 14.7. The van der Waals surface area contributed by atoms with Crippen molar-refractivity contribution in [3.8, 4) is 10.6 Å². The molecule has 158 valence electrons. The highest BCUT2D eigenvalue weighted by Crippen LogP contribution is 2.33. The summed E-state index contributed by atoms with van der Waals surface area (Å²) in [5, 5.41) is 10.2. The van der Waals surface area contributed by atoms with Crippen molar-refractivity contribution in [2.24, 2.45) is 0 Å². The lowest BCUT2D eigenvalue weighted by Gasteiger charge is -2.12. The molecule has 1 aromatic carbocycles. The fraction of sp³-hybridized carbons (Fsp3) is 0.227. The molecule has 1 aliphatic rings. The van der Waals surface area contributed by atoms with E-state index in [1.54, 1.807) is 10.7 Å². The Hall–Kier alpha value is -3.04. The number of aromatic nitrogens is 3. The van der Waals surface area contributed by atoms with Crippen molar-refractivity contribution in [2.45, 2.75) is 19.4 Å². The molecule has 0 aliphatic carbocycles. The number of pyridine rings is 1. The van der Waals surface area contributed by atoms with E-state index in [0.717, 1.165) is 4.88 Å². The van der Waals surface area contributed by atoms with Crippen molar-refractivity contribution < 1.29 is 13.2 Å². The number of nitrogens with zero attached hydrogens (tertiary/aromatic N) is 3. The zero-order chi connectivity index (χ0) is 21.6. The van der Waals surface area contributed by atoms with E-state index >= 15 is 0 Å². The van der Waals surface area contributed by atoms with Crippen molar-refractivity contribution in [1.29, 1.82) is 0 Å². The van der Waals surface area contributed by atoms with Crippen LogP contribution in [-0.4, -0.2) is 40.6 Å². The van der Waals surface area contributed by atoms with Gasteiger partial charge in [0.2, 0.25) is 0 Å². The number of rotatable bonds is 4. The van der Waals surface area contributed by atoms with E-state index in [9.17, 15) is 13.2 Å². The molecule has 31 heavy (non-hydrogen) atoms. The third-order valence-corrected chi connectivity index (χ3v) is 8.08. The number of hydrogen-bond acceptors (Lipinski definition) is 6. The first-order valence-electron chi connectivity index (χ1n) is 9.92. The van der Waals surface area contributed by atoms with Crippen molar-refractivity contribution in [1.82, 2.24) is 14.8 Å². The second-order valence-corrected chi connectivity index (χ2v) is 10.8. The first-order valence-corrected chi connectivity index (χ1v) is 12.6. The van der Waals surface area contributed by atoms with E-state index in [1.165, 1.54) is 11.3 Å². The predicted octanol–water partition coefficient (Wildman–Crippen LogP) is 4.08. The molecule has 1 fully saturated rings. The van der Waals surface area contributed by atoms with Gasteiger partial charge in [-0.05, 0) is 43.0 Å². The number of nitrogens with one attached hydrogen (secondary N) is 1. The van der Waals surface area contributed by atoms with Gasteiger partial charge in [0.05, 0.1) is 44.8 Å². The van der Waals surface area contributed by atoms with Crippen LogP contribution in [0, 0.1) is 6.92 Å². The number of benzene rings is 1. The largest absolute Gasteiger partial charge is 0.322 e. The molecular formula is C22H20N4O3S2. The Balaban J connectivity index is 1.68. The summed E-state index contributed by atoms with van der Waals surface area (Å²) in [6.45, 7) is 1.83. The minimum absolute atomic E-state index is 0.0413. The van der Waals surface area contributed by atoms with E-state index in [-0.39, 0.29) is 23.5 Å². The smallest absolute Gasteiger partial charge is 0.256 e. The van der Waals surface area contributed by atoms with Gasteiger partial charge in [0.25, 0.3) is 5.91 Å². The van der Waals surface area contributed by atoms with Crippen LogP contribution in [0.3, 0.4) is 0 Å².